The molecule has 0 bridgehead atoms. The Bertz CT molecular complexity index is 621. The second-order valence-electron chi connectivity index (χ2n) is 4.07. The van der Waals surface area contributed by atoms with Gasteiger partial charge in [-0.25, -0.2) is 8.42 Å². The third kappa shape index (κ3) is 3.08. The summed E-state index contributed by atoms with van der Waals surface area (Å²) in [6.07, 6.45) is 3.02. The maximum atomic E-state index is 11.5. The highest BCUT2D eigenvalue weighted by Crippen LogP contribution is 2.23. The lowest BCUT2D eigenvalue weighted by Gasteiger charge is -2.13. The van der Waals surface area contributed by atoms with Crippen LogP contribution in [-0.4, -0.2) is 19.7 Å². The fourth-order valence-corrected chi connectivity index (χ4v) is 2.87. The number of hydrogen-bond donors (Lipinski definition) is 1. The van der Waals surface area contributed by atoms with Crippen molar-refractivity contribution >= 4 is 26.9 Å². The molecule has 1 heterocycles. The van der Waals surface area contributed by atoms with Crippen LogP contribution in [0.1, 0.15) is 17.8 Å². The van der Waals surface area contributed by atoms with Crippen molar-refractivity contribution in [1.82, 2.24) is 4.98 Å². The van der Waals surface area contributed by atoms with Gasteiger partial charge in [-0.1, -0.05) is 6.07 Å². The van der Waals surface area contributed by atoms with Crippen molar-refractivity contribution < 1.29 is 8.42 Å². The number of thiazole rings is 1. The highest BCUT2D eigenvalue weighted by molar-refractivity contribution is 7.90. The second kappa shape index (κ2) is 5.07. The van der Waals surface area contributed by atoms with Gasteiger partial charge >= 0.3 is 0 Å². The summed E-state index contributed by atoms with van der Waals surface area (Å²) >= 11 is 1.57. The van der Waals surface area contributed by atoms with Gasteiger partial charge in [-0.05, 0) is 25.1 Å². The molecule has 0 aliphatic carbocycles. The van der Waals surface area contributed by atoms with Crippen LogP contribution in [0.15, 0.2) is 40.9 Å². The fourth-order valence-electron chi connectivity index (χ4n) is 1.58. The van der Waals surface area contributed by atoms with Crippen LogP contribution in [0.25, 0.3) is 0 Å². The fraction of sp³-hybridized carbons (Fsp3) is 0.250. The van der Waals surface area contributed by atoms with E-state index in [0.29, 0.717) is 4.90 Å². The Kier molecular flexibility index (Phi) is 3.68. The number of anilines is 1. The summed E-state index contributed by atoms with van der Waals surface area (Å²) in [6, 6.07) is 6.93. The molecule has 0 spiro atoms. The van der Waals surface area contributed by atoms with Crippen LogP contribution < -0.4 is 5.32 Å². The third-order valence-electron chi connectivity index (χ3n) is 2.52. The predicted molar refractivity (Wildman–Crippen MR) is 73.7 cm³/mol. The monoisotopic (exact) mass is 282 g/mol. The van der Waals surface area contributed by atoms with E-state index >= 15 is 0 Å². The first kappa shape index (κ1) is 13.0. The van der Waals surface area contributed by atoms with Gasteiger partial charge in [0.25, 0.3) is 0 Å². The summed E-state index contributed by atoms with van der Waals surface area (Å²) < 4.78 is 22.9. The minimum atomic E-state index is -3.16. The lowest BCUT2D eigenvalue weighted by atomic mass is 10.2. The lowest BCUT2D eigenvalue weighted by Crippen LogP contribution is -2.06. The van der Waals surface area contributed by atoms with Crippen LogP contribution in [-0.2, 0) is 9.84 Å². The van der Waals surface area contributed by atoms with Crippen LogP contribution >= 0.6 is 11.3 Å². The Morgan fingerprint density at radius 1 is 1.39 bits per heavy atom. The zero-order chi connectivity index (χ0) is 13.2. The number of rotatable bonds is 4. The van der Waals surface area contributed by atoms with Gasteiger partial charge in [0, 0.05) is 23.0 Å². The van der Waals surface area contributed by atoms with Gasteiger partial charge in [0.2, 0.25) is 0 Å². The minimum Gasteiger partial charge on any atom is -0.378 e. The molecule has 0 saturated heterocycles. The maximum absolute atomic E-state index is 11.5. The number of hydrogen-bond acceptors (Lipinski definition) is 5. The molecule has 4 nitrogen and oxygen atoms in total. The number of nitrogens with one attached hydrogen (secondary N) is 1. The van der Waals surface area contributed by atoms with Gasteiger partial charge in [0.05, 0.1) is 16.4 Å². The molecule has 2 rings (SSSR count). The lowest BCUT2D eigenvalue weighted by molar-refractivity contribution is 0.602. The summed E-state index contributed by atoms with van der Waals surface area (Å²) in [5.74, 6) is 0. The number of sulfone groups is 1. The summed E-state index contributed by atoms with van der Waals surface area (Å²) in [6.45, 7) is 2.01. The van der Waals surface area contributed by atoms with E-state index in [2.05, 4.69) is 10.3 Å². The smallest absolute Gasteiger partial charge is 0.175 e. The molecular weight excluding hydrogens is 268 g/mol. The van der Waals surface area contributed by atoms with Crippen LogP contribution in [0.5, 0.6) is 0 Å². The van der Waals surface area contributed by atoms with Crippen LogP contribution in [0, 0.1) is 0 Å². The predicted octanol–water partition coefficient (Wildman–Crippen LogP) is 2.72. The average molecular weight is 282 g/mol. The third-order valence-corrected chi connectivity index (χ3v) is 4.59. The second-order valence-corrected chi connectivity index (χ2v) is 7.00. The molecule has 6 heteroatoms. The van der Waals surface area contributed by atoms with Gasteiger partial charge in [-0.15, -0.1) is 11.3 Å². The number of benzene rings is 1. The zero-order valence-corrected chi connectivity index (χ0v) is 11.8. The van der Waals surface area contributed by atoms with Crippen molar-refractivity contribution in [2.45, 2.75) is 17.9 Å². The molecule has 0 amide bonds. The molecule has 0 aliphatic rings. The van der Waals surface area contributed by atoms with Gasteiger partial charge in [0.15, 0.2) is 9.84 Å². The normalized spacial score (nSPS) is 13.2. The Morgan fingerprint density at radius 3 is 2.78 bits per heavy atom. The van der Waals surface area contributed by atoms with E-state index in [9.17, 15) is 8.42 Å². The highest BCUT2D eigenvalue weighted by Gasteiger charge is 2.10. The summed E-state index contributed by atoms with van der Waals surface area (Å²) in [7, 11) is -3.16. The van der Waals surface area contributed by atoms with Gasteiger partial charge in [0.1, 0.15) is 0 Å². The standard InChI is InChI=1S/C12H14N2O2S2/c1-9(12-7-13-8-17-12)14-10-4-3-5-11(6-10)18(2,15)16/h3-9,14H,1-2H3. The van der Waals surface area contributed by atoms with Crippen molar-refractivity contribution in [3.05, 3.63) is 40.8 Å². The Morgan fingerprint density at radius 2 is 2.17 bits per heavy atom. The van der Waals surface area contributed by atoms with Gasteiger partial charge < -0.3 is 5.32 Å². The zero-order valence-electron chi connectivity index (χ0n) is 10.1. The van der Waals surface area contributed by atoms with E-state index in [4.69, 9.17) is 0 Å². The Labute approximate surface area is 111 Å². The maximum Gasteiger partial charge on any atom is 0.175 e. The highest BCUT2D eigenvalue weighted by atomic mass is 32.2. The molecular formula is C12H14N2O2S2. The van der Waals surface area contributed by atoms with Gasteiger partial charge in [-0.3, -0.25) is 4.98 Å². The summed E-state index contributed by atoms with van der Waals surface area (Å²) in [5.41, 5.74) is 2.57. The van der Waals surface area contributed by atoms with Crippen molar-refractivity contribution in [1.29, 1.82) is 0 Å². The Hall–Kier alpha value is -1.40. The van der Waals surface area contributed by atoms with Crippen molar-refractivity contribution in [3.8, 4) is 0 Å². The molecule has 0 aliphatic heterocycles. The van der Waals surface area contributed by atoms with Gasteiger partial charge in [-0.2, -0.15) is 0 Å². The first-order valence-corrected chi connectivity index (χ1v) is 8.19. The number of nitrogens with zero attached hydrogens (tertiary/aromatic N) is 1. The summed E-state index contributed by atoms with van der Waals surface area (Å²) in [4.78, 5) is 5.46. The van der Waals surface area contributed by atoms with E-state index in [0.717, 1.165) is 10.6 Å². The van der Waals surface area contributed by atoms with Crippen molar-refractivity contribution in [3.63, 3.8) is 0 Å². The molecule has 96 valence electrons. The van der Waals surface area contributed by atoms with E-state index in [1.165, 1.54) is 6.26 Å². The minimum absolute atomic E-state index is 0.104. The Balaban J connectivity index is 2.20. The average Bonchev–Trinajstić information content (AvgIpc) is 2.81. The molecule has 1 aromatic carbocycles. The van der Waals surface area contributed by atoms with Crippen molar-refractivity contribution in [2.75, 3.05) is 11.6 Å². The molecule has 2 aromatic rings. The van der Waals surface area contributed by atoms with E-state index in [1.807, 2.05) is 19.2 Å². The molecule has 0 saturated carbocycles. The molecule has 0 fully saturated rings. The molecule has 18 heavy (non-hydrogen) atoms. The van der Waals surface area contributed by atoms with Crippen LogP contribution in [0.3, 0.4) is 0 Å². The van der Waals surface area contributed by atoms with E-state index in [-0.39, 0.29) is 6.04 Å². The topological polar surface area (TPSA) is 59.1 Å². The van der Waals surface area contributed by atoms with E-state index in [1.54, 1.807) is 35.0 Å². The largest absolute Gasteiger partial charge is 0.378 e. The van der Waals surface area contributed by atoms with Crippen LogP contribution in [0.4, 0.5) is 5.69 Å². The molecule has 1 unspecified atom stereocenters. The molecule has 0 radical (unpaired) electrons. The first-order chi connectivity index (χ1) is 8.47. The SMILES string of the molecule is CC(Nc1cccc(S(C)(=O)=O)c1)c1cncs1. The number of aromatic nitrogens is 1. The van der Waals surface area contributed by atoms with Crippen molar-refractivity contribution in [2.24, 2.45) is 0 Å². The molecule has 1 N–H and O–H groups in total. The molecule has 1 aromatic heterocycles. The quantitative estimate of drug-likeness (QED) is 0.936. The van der Waals surface area contributed by atoms with E-state index < -0.39 is 9.84 Å². The first-order valence-electron chi connectivity index (χ1n) is 5.42. The molecule has 1 atom stereocenters. The van der Waals surface area contributed by atoms with Crippen LogP contribution in [0.2, 0.25) is 0 Å². The summed E-state index contributed by atoms with van der Waals surface area (Å²) in [5, 5.41) is 3.26.